The normalized spacial score (nSPS) is 22.5. The second kappa shape index (κ2) is 8.20. The Balaban J connectivity index is 0.00000220. The Kier molecular flexibility index (Phi) is 7.24. The zero-order valence-electron chi connectivity index (χ0n) is 11.6. The van der Waals surface area contributed by atoms with Gasteiger partial charge in [0.1, 0.15) is 0 Å². The number of carbonyl (C=O) groups excluding carboxylic acids is 1. The van der Waals surface area contributed by atoms with E-state index in [9.17, 15) is 9.90 Å². The van der Waals surface area contributed by atoms with Gasteiger partial charge in [0.25, 0.3) is 0 Å². The lowest BCUT2D eigenvalue weighted by Crippen LogP contribution is -2.44. The van der Waals surface area contributed by atoms with Crippen LogP contribution in [0.3, 0.4) is 0 Å². The summed E-state index contributed by atoms with van der Waals surface area (Å²) in [6.07, 6.45) is 0.656. The molecule has 1 aliphatic heterocycles. The molecular weight excluding hydrogens is 335 g/mol. The van der Waals surface area contributed by atoms with Crippen LogP contribution in [0, 0.1) is 0 Å². The summed E-state index contributed by atoms with van der Waals surface area (Å²) in [7, 11) is 0. The molecule has 0 radical (unpaired) electrons. The van der Waals surface area contributed by atoms with Crippen molar-refractivity contribution in [2.75, 3.05) is 6.54 Å². The SMILES string of the molecule is CC(Cc1ccc(Cl)cc1Cl)NC(=O)C1CC(O)CN1.Cl. The smallest absolute Gasteiger partial charge is 0.237 e. The number of benzene rings is 1. The van der Waals surface area contributed by atoms with Gasteiger partial charge in [0.15, 0.2) is 0 Å². The summed E-state index contributed by atoms with van der Waals surface area (Å²) in [6, 6.07) is 4.99. The van der Waals surface area contributed by atoms with E-state index >= 15 is 0 Å². The Labute approximate surface area is 140 Å². The molecule has 0 bridgehead atoms. The van der Waals surface area contributed by atoms with E-state index in [1.165, 1.54) is 0 Å². The van der Waals surface area contributed by atoms with Gasteiger partial charge in [-0.05, 0) is 37.5 Å². The van der Waals surface area contributed by atoms with Gasteiger partial charge >= 0.3 is 0 Å². The van der Waals surface area contributed by atoms with Crippen LogP contribution in [0.1, 0.15) is 18.9 Å². The monoisotopic (exact) mass is 352 g/mol. The number of carbonyl (C=O) groups is 1. The Morgan fingerprint density at radius 2 is 2.24 bits per heavy atom. The minimum absolute atomic E-state index is 0. The minimum atomic E-state index is -0.438. The van der Waals surface area contributed by atoms with Crippen LogP contribution >= 0.6 is 35.6 Å². The molecule has 0 aliphatic carbocycles. The van der Waals surface area contributed by atoms with Crippen LogP contribution in [0.25, 0.3) is 0 Å². The van der Waals surface area contributed by atoms with Crippen LogP contribution < -0.4 is 10.6 Å². The van der Waals surface area contributed by atoms with E-state index < -0.39 is 6.10 Å². The highest BCUT2D eigenvalue weighted by molar-refractivity contribution is 6.35. The van der Waals surface area contributed by atoms with Crippen molar-refractivity contribution in [3.63, 3.8) is 0 Å². The number of halogens is 3. The van der Waals surface area contributed by atoms with Crippen molar-refractivity contribution < 1.29 is 9.90 Å². The van der Waals surface area contributed by atoms with Crippen molar-refractivity contribution in [2.45, 2.75) is 38.0 Å². The number of amides is 1. The zero-order chi connectivity index (χ0) is 14.7. The van der Waals surface area contributed by atoms with Crippen LogP contribution in [-0.2, 0) is 11.2 Å². The maximum Gasteiger partial charge on any atom is 0.237 e. The molecule has 1 aliphatic rings. The minimum Gasteiger partial charge on any atom is -0.392 e. The Bertz CT molecular complexity index is 499. The molecule has 7 heteroatoms. The van der Waals surface area contributed by atoms with Gasteiger partial charge in [-0.2, -0.15) is 0 Å². The summed E-state index contributed by atoms with van der Waals surface area (Å²) in [5.74, 6) is -0.0841. The highest BCUT2D eigenvalue weighted by atomic mass is 35.5. The fourth-order valence-electron chi connectivity index (χ4n) is 2.33. The first-order chi connectivity index (χ1) is 9.45. The topological polar surface area (TPSA) is 61.4 Å². The lowest BCUT2D eigenvalue weighted by Gasteiger charge is -2.18. The number of aliphatic hydroxyl groups is 1. The van der Waals surface area contributed by atoms with E-state index in [4.69, 9.17) is 23.2 Å². The van der Waals surface area contributed by atoms with Crippen LogP contribution in [0.2, 0.25) is 10.0 Å². The highest BCUT2D eigenvalue weighted by Crippen LogP contribution is 2.22. The molecule has 3 N–H and O–H groups in total. The van der Waals surface area contributed by atoms with Crippen molar-refractivity contribution in [2.24, 2.45) is 0 Å². The van der Waals surface area contributed by atoms with Crippen molar-refractivity contribution in [1.29, 1.82) is 0 Å². The molecule has 3 unspecified atom stereocenters. The Hall–Kier alpha value is -0.520. The van der Waals surface area contributed by atoms with E-state index in [1.807, 2.05) is 13.0 Å². The number of nitrogens with one attached hydrogen (secondary N) is 2. The molecule has 4 nitrogen and oxygen atoms in total. The molecule has 1 saturated heterocycles. The third-order valence-corrected chi connectivity index (χ3v) is 3.94. The third kappa shape index (κ3) is 5.31. The molecular formula is C14H19Cl3N2O2. The molecule has 1 amide bonds. The highest BCUT2D eigenvalue weighted by Gasteiger charge is 2.28. The van der Waals surface area contributed by atoms with E-state index in [0.717, 1.165) is 5.56 Å². The van der Waals surface area contributed by atoms with Crippen molar-refractivity contribution in [3.05, 3.63) is 33.8 Å². The lowest BCUT2D eigenvalue weighted by atomic mass is 10.1. The largest absolute Gasteiger partial charge is 0.392 e. The zero-order valence-corrected chi connectivity index (χ0v) is 13.9. The molecule has 0 saturated carbocycles. The van der Waals surface area contributed by atoms with Gasteiger partial charge in [-0.3, -0.25) is 4.79 Å². The van der Waals surface area contributed by atoms with Crippen LogP contribution in [0.15, 0.2) is 18.2 Å². The summed E-state index contributed by atoms with van der Waals surface area (Å²) in [5.41, 5.74) is 0.947. The molecule has 1 aromatic rings. The van der Waals surface area contributed by atoms with Gasteiger partial charge in [0.2, 0.25) is 5.91 Å². The van der Waals surface area contributed by atoms with E-state index in [0.29, 0.717) is 29.4 Å². The number of rotatable bonds is 4. The van der Waals surface area contributed by atoms with Gasteiger partial charge in [-0.1, -0.05) is 29.3 Å². The van der Waals surface area contributed by atoms with Crippen LogP contribution in [0.4, 0.5) is 0 Å². The second-order valence-electron chi connectivity index (χ2n) is 5.20. The molecule has 0 aromatic heterocycles. The lowest BCUT2D eigenvalue weighted by molar-refractivity contribution is -0.123. The summed E-state index contributed by atoms with van der Waals surface area (Å²) in [5, 5.41) is 16.5. The fourth-order valence-corrected chi connectivity index (χ4v) is 2.81. The molecule has 0 spiro atoms. The van der Waals surface area contributed by atoms with Gasteiger partial charge in [-0.15, -0.1) is 12.4 Å². The van der Waals surface area contributed by atoms with Crippen molar-refractivity contribution in [3.8, 4) is 0 Å². The van der Waals surface area contributed by atoms with E-state index in [-0.39, 0.29) is 30.4 Å². The molecule has 1 aromatic carbocycles. The summed E-state index contributed by atoms with van der Waals surface area (Å²) >= 11 is 12.0. The summed E-state index contributed by atoms with van der Waals surface area (Å²) < 4.78 is 0. The van der Waals surface area contributed by atoms with Crippen LogP contribution in [-0.4, -0.2) is 35.7 Å². The Morgan fingerprint density at radius 1 is 1.52 bits per heavy atom. The Morgan fingerprint density at radius 3 is 2.81 bits per heavy atom. The van der Waals surface area contributed by atoms with Gasteiger partial charge < -0.3 is 15.7 Å². The molecule has 1 fully saturated rings. The van der Waals surface area contributed by atoms with Crippen molar-refractivity contribution in [1.82, 2.24) is 10.6 Å². The van der Waals surface area contributed by atoms with E-state index in [2.05, 4.69) is 10.6 Å². The number of hydrogen-bond donors (Lipinski definition) is 3. The maximum atomic E-state index is 12.0. The average Bonchev–Trinajstić information content (AvgIpc) is 2.79. The average molecular weight is 354 g/mol. The molecule has 2 rings (SSSR count). The first-order valence-corrected chi connectivity index (χ1v) is 7.37. The quantitative estimate of drug-likeness (QED) is 0.777. The van der Waals surface area contributed by atoms with Crippen molar-refractivity contribution >= 4 is 41.5 Å². The number of β-amino-alcohol motifs (C(OH)–C–C–N with tert-alkyl or cyclic N) is 1. The first kappa shape index (κ1) is 18.5. The standard InChI is InChI=1S/C14H18Cl2N2O2.ClH/c1-8(4-9-2-3-10(15)5-12(9)16)18-14(20)13-6-11(19)7-17-13;/h2-3,5,8,11,13,17,19H,4,6-7H2,1H3,(H,18,20);1H. The molecule has 3 atom stereocenters. The molecule has 118 valence electrons. The predicted molar refractivity (Wildman–Crippen MR) is 87.4 cm³/mol. The van der Waals surface area contributed by atoms with Gasteiger partial charge in [-0.25, -0.2) is 0 Å². The maximum absolute atomic E-state index is 12.0. The van der Waals surface area contributed by atoms with Crippen LogP contribution in [0.5, 0.6) is 0 Å². The van der Waals surface area contributed by atoms with Gasteiger partial charge in [0.05, 0.1) is 12.1 Å². The fraction of sp³-hybridized carbons (Fsp3) is 0.500. The number of aliphatic hydroxyl groups excluding tert-OH is 1. The van der Waals surface area contributed by atoms with E-state index in [1.54, 1.807) is 12.1 Å². The van der Waals surface area contributed by atoms with Gasteiger partial charge in [0, 0.05) is 22.6 Å². The first-order valence-electron chi connectivity index (χ1n) is 6.61. The predicted octanol–water partition coefficient (Wildman–Crippen LogP) is 2.19. The summed E-state index contributed by atoms with van der Waals surface area (Å²) in [4.78, 5) is 12.0. The molecule has 21 heavy (non-hydrogen) atoms. The second-order valence-corrected chi connectivity index (χ2v) is 6.04. The molecule has 1 heterocycles. The third-order valence-electron chi connectivity index (χ3n) is 3.35. The number of hydrogen-bond acceptors (Lipinski definition) is 3. The summed E-state index contributed by atoms with van der Waals surface area (Å²) in [6.45, 7) is 2.39.